The first-order valence-corrected chi connectivity index (χ1v) is 10.6. The zero-order chi connectivity index (χ0) is 22.2. The normalized spacial score (nSPS) is 11.3. The Hall–Kier alpha value is -3.04. The van der Waals surface area contributed by atoms with Crippen LogP contribution in [0, 0.1) is 0 Å². The highest BCUT2D eigenvalue weighted by Crippen LogP contribution is 2.20. The van der Waals surface area contributed by atoms with Crippen molar-refractivity contribution in [3.8, 4) is 17.4 Å². The van der Waals surface area contributed by atoms with E-state index in [2.05, 4.69) is 33.8 Å². The number of carbonyl (C=O) groups is 1. The molecule has 3 rings (SSSR count). The molecule has 9 nitrogen and oxygen atoms in total. The van der Waals surface area contributed by atoms with Gasteiger partial charge in [-0.3, -0.25) is 4.79 Å². The van der Waals surface area contributed by atoms with Crippen LogP contribution in [0.1, 0.15) is 36.8 Å². The van der Waals surface area contributed by atoms with E-state index in [0.717, 1.165) is 19.6 Å². The summed E-state index contributed by atoms with van der Waals surface area (Å²) in [5, 5.41) is 4.42. The maximum absolute atomic E-state index is 13.3. The molecule has 0 atom stereocenters. The van der Waals surface area contributed by atoms with Crippen LogP contribution in [0.25, 0.3) is 17.4 Å². The zero-order valence-corrected chi connectivity index (χ0v) is 18.6. The van der Waals surface area contributed by atoms with Crippen LogP contribution in [0.3, 0.4) is 0 Å². The second-order valence-corrected chi connectivity index (χ2v) is 6.98. The maximum Gasteiger partial charge on any atom is 0.257 e. The fourth-order valence-electron chi connectivity index (χ4n) is 3.39. The van der Waals surface area contributed by atoms with Gasteiger partial charge in [0.2, 0.25) is 0 Å². The van der Waals surface area contributed by atoms with Gasteiger partial charge in [-0.1, -0.05) is 13.8 Å². The van der Waals surface area contributed by atoms with Crippen molar-refractivity contribution in [2.24, 2.45) is 0 Å². The number of nitrogens with zero attached hydrogens (tertiary/aromatic N) is 6. The summed E-state index contributed by atoms with van der Waals surface area (Å²) in [4.78, 5) is 26.3. The largest absolute Gasteiger partial charge is 0.463 e. The lowest BCUT2D eigenvalue weighted by atomic mass is 10.2. The summed E-state index contributed by atoms with van der Waals surface area (Å²) in [7, 11) is 1.59. The van der Waals surface area contributed by atoms with Crippen molar-refractivity contribution < 1.29 is 13.9 Å². The van der Waals surface area contributed by atoms with Crippen LogP contribution in [-0.2, 0) is 11.3 Å². The molecule has 1 amide bonds. The quantitative estimate of drug-likeness (QED) is 0.466. The average molecular weight is 427 g/mol. The van der Waals surface area contributed by atoms with Crippen molar-refractivity contribution in [1.82, 2.24) is 29.5 Å². The summed E-state index contributed by atoms with van der Waals surface area (Å²) in [6.07, 6.45) is 4.80. The Morgan fingerprint density at radius 2 is 1.97 bits per heavy atom. The van der Waals surface area contributed by atoms with E-state index >= 15 is 0 Å². The number of aromatic nitrogens is 4. The molecule has 3 aromatic heterocycles. The van der Waals surface area contributed by atoms with Gasteiger partial charge in [-0.15, -0.1) is 0 Å². The standard InChI is InChI=1S/C22H30N6O3/c1-5-26(6-2)12-13-27(7-3)21(29)17-15-24-28(19(17)16-30-4)22-23-11-10-18(25-22)20-9-8-14-31-20/h8-11,14-15H,5-7,12-13,16H2,1-4H3. The SMILES string of the molecule is CCN(CC)CCN(CC)C(=O)c1cnn(-c2nccc(-c3ccco3)n2)c1COC. The first-order chi connectivity index (χ1) is 15.1. The predicted octanol–water partition coefficient (Wildman–Crippen LogP) is 2.87. The Kier molecular flexibility index (Phi) is 7.91. The number of likely N-dealkylation sites (N-methyl/N-ethyl adjacent to an activating group) is 2. The van der Waals surface area contributed by atoms with Crippen molar-refractivity contribution in [2.75, 3.05) is 39.8 Å². The molecule has 0 spiro atoms. The van der Waals surface area contributed by atoms with E-state index in [4.69, 9.17) is 9.15 Å². The van der Waals surface area contributed by atoms with Gasteiger partial charge in [-0.2, -0.15) is 9.78 Å². The number of furan rings is 1. The highest BCUT2D eigenvalue weighted by Gasteiger charge is 2.24. The van der Waals surface area contributed by atoms with Gasteiger partial charge < -0.3 is 19.0 Å². The van der Waals surface area contributed by atoms with E-state index < -0.39 is 0 Å². The molecular weight excluding hydrogens is 396 g/mol. The number of rotatable bonds is 11. The molecule has 0 saturated carbocycles. The topological polar surface area (TPSA) is 89.5 Å². The van der Waals surface area contributed by atoms with E-state index in [1.54, 1.807) is 42.6 Å². The molecule has 9 heteroatoms. The smallest absolute Gasteiger partial charge is 0.257 e. The van der Waals surface area contributed by atoms with Crippen LogP contribution in [-0.4, -0.2) is 75.3 Å². The fraction of sp³-hybridized carbons (Fsp3) is 0.455. The first kappa shape index (κ1) is 22.6. The number of hydrogen-bond acceptors (Lipinski definition) is 7. The first-order valence-electron chi connectivity index (χ1n) is 10.6. The lowest BCUT2D eigenvalue weighted by molar-refractivity contribution is 0.0741. The second-order valence-electron chi connectivity index (χ2n) is 6.98. The minimum absolute atomic E-state index is 0.0739. The number of methoxy groups -OCH3 is 1. The zero-order valence-electron chi connectivity index (χ0n) is 18.6. The molecule has 0 N–H and O–H groups in total. The predicted molar refractivity (Wildman–Crippen MR) is 117 cm³/mol. The third-order valence-electron chi connectivity index (χ3n) is 5.24. The molecule has 0 bridgehead atoms. The van der Waals surface area contributed by atoms with Crippen molar-refractivity contribution in [1.29, 1.82) is 0 Å². The summed E-state index contributed by atoms with van der Waals surface area (Å²) in [5.74, 6) is 0.912. The lowest BCUT2D eigenvalue weighted by Crippen LogP contribution is -2.38. The van der Waals surface area contributed by atoms with E-state index in [-0.39, 0.29) is 12.5 Å². The molecular formula is C22H30N6O3. The van der Waals surface area contributed by atoms with Crippen LogP contribution >= 0.6 is 0 Å². The summed E-state index contributed by atoms with van der Waals surface area (Å²) in [6.45, 7) is 10.4. The van der Waals surface area contributed by atoms with Crippen LogP contribution in [0.2, 0.25) is 0 Å². The van der Waals surface area contributed by atoms with Crippen molar-refractivity contribution in [3.63, 3.8) is 0 Å². The third kappa shape index (κ3) is 5.18. The van der Waals surface area contributed by atoms with Crippen molar-refractivity contribution in [2.45, 2.75) is 27.4 Å². The summed E-state index contributed by atoms with van der Waals surface area (Å²) in [6, 6.07) is 5.39. The van der Waals surface area contributed by atoms with E-state index in [9.17, 15) is 4.79 Å². The molecule has 0 unspecified atom stereocenters. The molecule has 0 aromatic carbocycles. The van der Waals surface area contributed by atoms with Gasteiger partial charge in [-0.05, 0) is 38.2 Å². The Balaban J connectivity index is 1.89. The number of hydrogen-bond donors (Lipinski definition) is 0. The summed E-state index contributed by atoms with van der Waals surface area (Å²) >= 11 is 0. The van der Waals surface area contributed by atoms with Gasteiger partial charge in [0, 0.05) is 32.9 Å². The Bertz CT molecular complexity index is 966. The van der Waals surface area contributed by atoms with Gasteiger partial charge in [0.1, 0.15) is 5.69 Å². The van der Waals surface area contributed by atoms with Gasteiger partial charge >= 0.3 is 0 Å². The molecule has 0 aliphatic heterocycles. The van der Waals surface area contributed by atoms with Crippen molar-refractivity contribution in [3.05, 3.63) is 48.1 Å². The van der Waals surface area contributed by atoms with Crippen LogP contribution < -0.4 is 0 Å². The molecule has 0 fully saturated rings. The molecule has 166 valence electrons. The highest BCUT2D eigenvalue weighted by atomic mass is 16.5. The van der Waals surface area contributed by atoms with Crippen molar-refractivity contribution >= 4 is 5.91 Å². The Morgan fingerprint density at radius 3 is 2.61 bits per heavy atom. The Labute approximate surface area is 182 Å². The lowest BCUT2D eigenvalue weighted by Gasteiger charge is -2.25. The molecule has 0 saturated heterocycles. The fourth-order valence-corrected chi connectivity index (χ4v) is 3.39. The number of ether oxygens (including phenoxy) is 1. The molecule has 0 aliphatic carbocycles. The monoisotopic (exact) mass is 426 g/mol. The van der Waals surface area contributed by atoms with Crippen LogP contribution in [0.5, 0.6) is 0 Å². The summed E-state index contributed by atoms with van der Waals surface area (Å²) in [5.41, 5.74) is 1.75. The molecule has 0 aliphatic rings. The molecule has 3 aromatic rings. The molecule has 3 heterocycles. The van der Waals surface area contributed by atoms with Crippen LogP contribution in [0.4, 0.5) is 0 Å². The minimum Gasteiger partial charge on any atom is -0.463 e. The third-order valence-corrected chi connectivity index (χ3v) is 5.24. The van der Waals surface area contributed by atoms with Gasteiger partial charge in [0.05, 0.1) is 30.3 Å². The van der Waals surface area contributed by atoms with Crippen LogP contribution in [0.15, 0.2) is 41.3 Å². The second kappa shape index (κ2) is 10.8. The van der Waals surface area contributed by atoms with Gasteiger partial charge in [0.15, 0.2) is 5.76 Å². The van der Waals surface area contributed by atoms with Gasteiger partial charge in [-0.25, -0.2) is 9.97 Å². The summed E-state index contributed by atoms with van der Waals surface area (Å²) < 4.78 is 12.4. The number of amides is 1. The average Bonchev–Trinajstić information content (AvgIpc) is 3.47. The number of carbonyl (C=O) groups excluding carboxylic acids is 1. The highest BCUT2D eigenvalue weighted by molar-refractivity contribution is 5.95. The van der Waals surface area contributed by atoms with Gasteiger partial charge in [0.25, 0.3) is 11.9 Å². The minimum atomic E-state index is -0.0739. The molecule has 31 heavy (non-hydrogen) atoms. The van der Waals surface area contributed by atoms with E-state index in [0.29, 0.717) is 41.7 Å². The Morgan fingerprint density at radius 1 is 1.16 bits per heavy atom. The van der Waals surface area contributed by atoms with E-state index in [1.165, 1.54) is 0 Å². The van der Waals surface area contributed by atoms with E-state index in [1.807, 2.05) is 17.9 Å². The maximum atomic E-state index is 13.3. The molecule has 0 radical (unpaired) electrons.